The number of hydrogen-bond acceptors (Lipinski definition) is 6. The highest BCUT2D eigenvalue weighted by molar-refractivity contribution is 7.13. The molecule has 30 heavy (non-hydrogen) atoms. The van der Waals surface area contributed by atoms with E-state index in [2.05, 4.69) is 21.0 Å². The molecule has 2 unspecified atom stereocenters. The van der Waals surface area contributed by atoms with Crippen LogP contribution in [0.5, 0.6) is 0 Å². The normalized spacial score (nSPS) is 26.6. The van der Waals surface area contributed by atoms with E-state index in [4.69, 9.17) is 0 Å². The van der Waals surface area contributed by atoms with Crippen molar-refractivity contribution >= 4 is 11.3 Å². The van der Waals surface area contributed by atoms with Gasteiger partial charge in [-0.2, -0.15) is 5.10 Å². The quantitative estimate of drug-likeness (QED) is 0.683. The van der Waals surface area contributed by atoms with Crippen molar-refractivity contribution in [3.63, 3.8) is 0 Å². The van der Waals surface area contributed by atoms with Gasteiger partial charge in [-0.15, -0.1) is 11.3 Å². The first-order valence-electron chi connectivity index (χ1n) is 10.6. The van der Waals surface area contributed by atoms with Gasteiger partial charge < -0.3 is 5.11 Å². The van der Waals surface area contributed by atoms with Crippen LogP contribution >= 0.6 is 11.3 Å². The summed E-state index contributed by atoms with van der Waals surface area (Å²) in [7, 11) is 0. The van der Waals surface area contributed by atoms with Crippen LogP contribution in [0, 0.1) is 0 Å². The van der Waals surface area contributed by atoms with Crippen LogP contribution in [0.1, 0.15) is 37.8 Å². The molecule has 2 fully saturated rings. The predicted octanol–water partition coefficient (Wildman–Crippen LogP) is 3.32. The van der Waals surface area contributed by atoms with Gasteiger partial charge in [0.2, 0.25) is 0 Å². The minimum Gasteiger partial charge on any atom is -0.388 e. The summed E-state index contributed by atoms with van der Waals surface area (Å²) >= 11 is 1.60. The van der Waals surface area contributed by atoms with Crippen LogP contribution in [0.15, 0.2) is 58.8 Å². The number of thiophene rings is 1. The molecule has 2 saturated heterocycles. The monoisotopic (exact) mass is 422 g/mol. The Bertz CT molecular complexity index is 1040. The van der Waals surface area contributed by atoms with Crippen LogP contribution in [-0.2, 0) is 13.1 Å². The summed E-state index contributed by atoms with van der Waals surface area (Å²) < 4.78 is 1.46. The number of fused-ring (bicyclic) bond motifs is 2. The third-order valence-electron chi connectivity index (χ3n) is 6.40. The lowest BCUT2D eigenvalue weighted by molar-refractivity contribution is -0.105. The Kier molecular flexibility index (Phi) is 5.26. The van der Waals surface area contributed by atoms with Gasteiger partial charge in [-0.3, -0.25) is 14.7 Å². The van der Waals surface area contributed by atoms with Gasteiger partial charge in [0.15, 0.2) is 0 Å². The summed E-state index contributed by atoms with van der Waals surface area (Å²) in [4.78, 5) is 20.5. The van der Waals surface area contributed by atoms with Gasteiger partial charge in [-0.25, -0.2) is 4.68 Å². The van der Waals surface area contributed by atoms with Gasteiger partial charge in [0.05, 0.1) is 22.7 Å². The van der Waals surface area contributed by atoms with Crippen molar-refractivity contribution in [1.82, 2.24) is 19.7 Å². The average molecular weight is 423 g/mol. The third-order valence-corrected chi connectivity index (χ3v) is 7.29. The molecule has 6 nitrogen and oxygen atoms in total. The van der Waals surface area contributed by atoms with Crippen molar-refractivity contribution in [3.05, 3.63) is 70.1 Å². The van der Waals surface area contributed by atoms with E-state index in [-0.39, 0.29) is 12.1 Å². The number of aromatic nitrogens is 3. The summed E-state index contributed by atoms with van der Waals surface area (Å²) in [5.41, 5.74) is 0.772. The molecule has 3 aromatic heterocycles. The molecule has 0 saturated carbocycles. The molecular weight excluding hydrogens is 396 g/mol. The van der Waals surface area contributed by atoms with Crippen LogP contribution < -0.4 is 5.56 Å². The lowest BCUT2D eigenvalue weighted by Gasteiger charge is -2.52. The van der Waals surface area contributed by atoms with E-state index in [1.807, 2.05) is 35.8 Å². The van der Waals surface area contributed by atoms with E-state index in [1.54, 1.807) is 23.5 Å². The first-order chi connectivity index (χ1) is 14.6. The van der Waals surface area contributed by atoms with Gasteiger partial charge in [-0.05, 0) is 55.3 Å². The Morgan fingerprint density at radius 1 is 1.10 bits per heavy atom. The van der Waals surface area contributed by atoms with Gasteiger partial charge in [0.1, 0.15) is 5.69 Å². The number of piperidine rings is 2. The first-order valence-corrected chi connectivity index (χ1v) is 11.5. The number of nitrogens with zero attached hydrogens (tertiary/aromatic N) is 4. The number of aliphatic hydroxyl groups is 1. The molecule has 5 heterocycles. The fourth-order valence-corrected chi connectivity index (χ4v) is 5.77. The fourth-order valence-electron chi connectivity index (χ4n) is 5.08. The lowest BCUT2D eigenvalue weighted by Crippen LogP contribution is -2.59. The highest BCUT2D eigenvalue weighted by Crippen LogP contribution is 2.40. The first kappa shape index (κ1) is 19.6. The fraction of sp³-hybridized carbons (Fsp3) is 0.435. The second kappa shape index (κ2) is 8.06. The Hall–Kier alpha value is -2.35. The number of hydrogen-bond donors (Lipinski definition) is 1. The molecule has 156 valence electrons. The van der Waals surface area contributed by atoms with Crippen LogP contribution in [0.4, 0.5) is 0 Å². The third kappa shape index (κ3) is 3.97. The molecule has 2 aliphatic rings. The SMILES string of the molecule is O=c1ccc(-c2cccs2)nn1CC1(O)CC2CCCC(C1)N2Cc1ccccn1. The molecule has 2 aliphatic heterocycles. The van der Waals surface area contributed by atoms with Gasteiger partial charge in [-0.1, -0.05) is 18.6 Å². The summed E-state index contributed by atoms with van der Waals surface area (Å²) in [6.45, 7) is 1.06. The summed E-state index contributed by atoms with van der Waals surface area (Å²) in [6, 6.07) is 13.9. The Balaban J connectivity index is 1.36. The Morgan fingerprint density at radius 3 is 2.63 bits per heavy atom. The second-order valence-corrected chi connectivity index (χ2v) is 9.50. The highest BCUT2D eigenvalue weighted by atomic mass is 32.1. The van der Waals surface area contributed by atoms with Crippen LogP contribution in [0.3, 0.4) is 0 Å². The molecule has 3 aromatic rings. The van der Waals surface area contributed by atoms with E-state index in [0.717, 1.165) is 35.7 Å². The molecule has 2 bridgehead atoms. The molecule has 5 rings (SSSR count). The van der Waals surface area contributed by atoms with Gasteiger partial charge >= 0.3 is 0 Å². The molecule has 0 aliphatic carbocycles. The minimum absolute atomic E-state index is 0.162. The summed E-state index contributed by atoms with van der Waals surface area (Å²) in [5.74, 6) is 0. The van der Waals surface area contributed by atoms with Gasteiger partial charge in [0.25, 0.3) is 5.56 Å². The van der Waals surface area contributed by atoms with E-state index in [0.29, 0.717) is 24.9 Å². The van der Waals surface area contributed by atoms with Crippen molar-refractivity contribution < 1.29 is 5.11 Å². The molecule has 0 radical (unpaired) electrons. The molecular formula is C23H26N4O2S. The van der Waals surface area contributed by atoms with Crippen LogP contribution in [-0.4, -0.2) is 42.5 Å². The number of rotatable bonds is 5. The zero-order chi connectivity index (χ0) is 20.6. The summed E-state index contributed by atoms with van der Waals surface area (Å²) in [5, 5.41) is 18.1. The Labute approximate surface area is 179 Å². The Morgan fingerprint density at radius 2 is 1.93 bits per heavy atom. The molecule has 0 aromatic carbocycles. The molecule has 0 amide bonds. The van der Waals surface area contributed by atoms with Crippen molar-refractivity contribution in [2.45, 2.75) is 62.9 Å². The van der Waals surface area contributed by atoms with Crippen molar-refractivity contribution in [2.75, 3.05) is 0 Å². The lowest BCUT2D eigenvalue weighted by atomic mass is 9.75. The maximum absolute atomic E-state index is 12.5. The smallest absolute Gasteiger partial charge is 0.266 e. The average Bonchev–Trinajstić information content (AvgIpc) is 3.26. The van der Waals surface area contributed by atoms with Crippen LogP contribution in [0.25, 0.3) is 10.6 Å². The topological polar surface area (TPSA) is 71.2 Å². The van der Waals surface area contributed by atoms with E-state index < -0.39 is 5.60 Å². The maximum Gasteiger partial charge on any atom is 0.266 e. The molecule has 2 atom stereocenters. The largest absolute Gasteiger partial charge is 0.388 e. The second-order valence-electron chi connectivity index (χ2n) is 8.56. The predicted molar refractivity (Wildman–Crippen MR) is 117 cm³/mol. The van der Waals surface area contributed by atoms with E-state index >= 15 is 0 Å². The van der Waals surface area contributed by atoms with Crippen molar-refractivity contribution in [2.24, 2.45) is 0 Å². The van der Waals surface area contributed by atoms with Crippen LogP contribution in [0.2, 0.25) is 0 Å². The highest BCUT2D eigenvalue weighted by Gasteiger charge is 2.45. The molecule has 1 N–H and O–H groups in total. The van der Waals surface area contributed by atoms with E-state index in [9.17, 15) is 9.90 Å². The molecule has 7 heteroatoms. The van der Waals surface area contributed by atoms with E-state index in [1.165, 1.54) is 11.1 Å². The maximum atomic E-state index is 12.5. The standard InChI is InChI=1S/C23H26N4O2S/c28-22-10-9-20(21-8-4-12-30-21)25-27(22)16-23(29)13-18-6-3-7-19(14-23)26(18)15-17-5-1-2-11-24-17/h1-2,4-5,8-12,18-19,29H,3,6-7,13-16H2. The minimum atomic E-state index is -0.915. The number of pyridine rings is 1. The molecule has 0 spiro atoms. The van der Waals surface area contributed by atoms with Gasteiger partial charge in [0, 0.05) is 30.9 Å². The zero-order valence-electron chi connectivity index (χ0n) is 16.9. The van der Waals surface area contributed by atoms with Crippen molar-refractivity contribution in [1.29, 1.82) is 0 Å². The zero-order valence-corrected chi connectivity index (χ0v) is 17.7. The van der Waals surface area contributed by atoms with Crippen molar-refractivity contribution in [3.8, 4) is 10.6 Å². The summed E-state index contributed by atoms with van der Waals surface area (Å²) in [6.07, 6.45) is 6.49.